The largest absolute Gasteiger partial charge is 0.486 e. The van der Waals surface area contributed by atoms with Gasteiger partial charge in [0.2, 0.25) is 0 Å². The number of aliphatic carboxylic acids is 1. The molecule has 2 aliphatic heterocycles. The number of carboxylic acids is 1. The van der Waals surface area contributed by atoms with Crippen molar-refractivity contribution in [2.75, 3.05) is 18.1 Å². The number of benzene rings is 1. The Kier molecular flexibility index (Phi) is 5.00. The minimum atomic E-state index is -1.03. The van der Waals surface area contributed by atoms with Crippen LogP contribution in [0.1, 0.15) is 17.7 Å². The second-order valence-corrected chi connectivity index (χ2v) is 7.39. The first-order valence-electron chi connectivity index (χ1n) is 8.73. The van der Waals surface area contributed by atoms with Gasteiger partial charge in [0.1, 0.15) is 19.3 Å². The van der Waals surface area contributed by atoms with Crippen molar-refractivity contribution in [2.24, 2.45) is 0 Å². The summed E-state index contributed by atoms with van der Waals surface area (Å²) in [6, 6.07) is 9.26. The number of anilines is 1. The molecule has 1 aromatic heterocycles. The number of carbonyl (C=O) groups excluding carboxylic acids is 1. The van der Waals surface area contributed by atoms with Crippen LogP contribution in [0.5, 0.6) is 11.5 Å². The van der Waals surface area contributed by atoms with Crippen molar-refractivity contribution in [3.8, 4) is 11.5 Å². The summed E-state index contributed by atoms with van der Waals surface area (Å²) >= 11 is 1.56. The standard InChI is InChI=1S/C19H19NO6S/c21-18(15-5-6-16(26-15)19(22)23)20(11-13-2-1-9-27-13)12-3-4-14-17(10-12)25-8-7-24-14/h1-4,9-10,15-16H,5-8,11H2,(H,22,23)/t15-,16+/m0/s1. The highest BCUT2D eigenvalue weighted by Gasteiger charge is 2.37. The minimum Gasteiger partial charge on any atom is -0.486 e. The number of hydrogen-bond acceptors (Lipinski definition) is 6. The molecule has 8 heteroatoms. The molecule has 0 spiro atoms. The van der Waals surface area contributed by atoms with Crippen molar-refractivity contribution in [3.63, 3.8) is 0 Å². The number of thiophene rings is 1. The SMILES string of the molecule is O=C(O)[C@H]1CC[C@@H](C(=O)N(Cc2cccs2)c2ccc3c(c2)OCCO3)O1. The monoisotopic (exact) mass is 389 g/mol. The van der Waals surface area contributed by atoms with Crippen molar-refractivity contribution >= 4 is 28.9 Å². The fraction of sp³-hybridized carbons (Fsp3) is 0.368. The Hall–Kier alpha value is -2.58. The quantitative estimate of drug-likeness (QED) is 0.846. The highest BCUT2D eigenvalue weighted by molar-refractivity contribution is 7.09. The molecule has 1 N–H and O–H groups in total. The zero-order valence-electron chi connectivity index (χ0n) is 14.5. The number of amides is 1. The predicted octanol–water partition coefficient (Wildman–Crippen LogP) is 2.68. The lowest BCUT2D eigenvalue weighted by Crippen LogP contribution is -2.39. The lowest BCUT2D eigenvalue weighted by Gasteiger charge is -2.27. The zero-order chi connectivity index (χ0) is 18.8. The van der Waals surface area contributed by atoms with Gasteiger partial charge >= 0.3 is 5.97 Å². The van der Waals surface area contributed by atoms with Crippen LogP contribution in [-0.4, -0.2) is 42.4 Å². The van der Waals surface area contributed by atoms with E-state index in [4.69, 9.17) is 19.3 Å². The van der Waals surface area contributed by atoms with Crippen molar-refractivity contribution < 1.29 is 28.9 Å². The van der Waals surface area contributed by atoms with E-state index in [0.29, 0.717) is 49.8 Å². The third-order valence-corrected chi connectivity index (χ3v) is 5.43. The van der Waals surface area contributed by atoms with Crippen molar-refractivity contribution in [1.82, 2.24) is 0 Å². The van der Waals surface area contributed by atoms with Gasteiger partial charge < -0.3 is 24.2 Å². The summed E-state index contributed by atoms with van der Waals surface area (Å²) in [5, 5.41) is 11.1. The topological polar surface area (TPSA) is 85.3 Å². The second kappa shape index (κ2) is 7.58. The Labute approximate surface area is 160 Å². The Morgan fingerprint density at radius 3 is 2.59 bits per heavy atom. The van der Waals surface area contributed by atoms with Gasteiger partial charge in [-0.15, -0.1) is 11.3 Å². The van der Waals surface area contributed by atoms with Gasteiger partial charge in [-0.3, -0.25) is 4.79 Å². The molecule has 7 nitrogen and oxygen atoms in total. The Balaban J connectivity index is 1.61. The third-order valence-electron chi connectivity index (χ3n) is 4.57. The van der Waals surface area contributed by atoms with E-state index in [-0.39, 0.29) is 5.91 Å². The molecular formula is C19H19NO6S. The number of hydrogen-bond donors (Lipinski definition) is 1. The molecule has 1 amide bonds. The first-order chi connectivity index (χ1) is 13.1. The van der Waals surface area contributed by atoms with E-state index in [1.807, 2.05) is 23.6 Å². The maximum atomic E-state index is 13.1. The first kappa shape index (κ1) is 17.8. The summed E-state index contributed by atoms with van der Waals surface area (Å²) < 4.78 is 16.7. The molecular weight excluding hydrogens is 370 g/mol. The highest BCUT2D eigenvalue weighted by atomic mass is 32.1. The minimum absolute atomic E-state index is 0.246. The molecule has 0 aliphatic carbocycles. The van der Waals surface area contributed by atoms with Crippen LogP contribution in [0.4, 0.5) is 5.69 Å². The molecule has 3 heterocycles. The maximum Gasteiger partial charge on any atom is 0.332 e. The Bertz CT molecular complexity index is 837. The fourth-order valence-corrected chi connectivity index (χ4v) is 3.92. The molecule has 2 atom stereocenters. The molecule has 0 unspecified atom stereocenters. The van der Waals surface area contributed by atoms with E-state index in [1.54, 1.807) is 28.4 Å². The van der Waals surface area contributed by atoms with E-state index in [0.717, 1.165) is 4.88 Å². The van der Waals surface area contributed by atoms with Crippen molar-refractivity contribution in [3.05, 3.63) is 40.6 Å². The van der Waals surface area contributed by atoms with E-state index in [9.17, 15) is 9.59 Å². The number of carbonyl (C=O) groups is 2. The molecule has 0 radical (unpaired) electrons. The average Bonchev–Trinajstić information content (AvgIpc) is 3.37. The van der Waals surface area contributed by atoms with Crippen molar-refractivity contribution in [1.29, 1.82) is 0 Å². The summed E-state index contributed by atoms with van der Waals surface area (Å²) in [5.41, 5.74) is 0.667. The summed E-state index contributed by atoms with van der Waals surface area (Å²) in [7, 11) is 0. The van der Waals surface area contributed by atoms with Gasteiger partial charge in [0.25, 0.3) is 5.91 Å². The maximum absolute atomic E-state index is 13.1. The summed E-state index contributed by atoms with van der Waals surface area (Å²) in [5.74, 6) is -0.0340. The normalized spacial score (nSPS) is 21.0. The number of rotatable bonds is 5. The van der Waals surface area contributed by atoms with Gasteiger partial charge in [-0.25, -0.2) is 4.79 Å². The van der Waals surface area contributed by atoms with Gasteiger partial charge in [0, 0.05) is 16.6 Å². The fourth-order valence-electron chi connectivity index (χ4n) is 3.23. The number of carboxylic acid groups (broad SMARTS) is 1. The van der Waals surface area contributed by atoms with Crippen LogP contribution in [-0.2, 0) is 20.9 Å². The lowest BCUT2D eigenvalue weighted by atomic mass is 10.1. The molecule has 1 saturated heterocycles. The van der Waals surface area contributed by atoms with Crippen LogP contribution in [0.3, 0.4) is 0 Å². The zero-order valence-corrected chi connectivity index (χ0v) is 15.3. The van der Waals surface area contributed by atoms with Crippen LogP contribution in [0.25, 0.3) is 0 Å². The molecule has 142 valence electrons. The number of ether oxygens (including phenoxy) is 3. The second-order valence-electron chi connectivity index (χ2n) is 6.36. The molecule has 27 heavy (non-hydrogen) atoms. The van der Waals surface area contributed by atoms with Crippen LogP contribution < -0.4 is 14.4 Å². The number of nitrogens with zero attached hydrogens (tertiary/aromatic N) is 1. The van der Waals surface area contributed by atoms with Crippen LogP contribution in [0.15, 0.2) is 35.7 Å². The van der Waals surface area contributed by atoms with E-state index in [2.05, 4.69) is 0 Å². The molecule has 0 saturated carbocycles. The molecule has 2 aromatic rings. The van der Waals surface area contributed by atoms with E-state index < -0.39 is 18.2 Å². The van der Waals surface area contributed by atoms with Gasteiger partial charge in [-0.1, -0.05) is 6.07 Å². The predicted molar refractivity (Wildman–Crippen MR) is 98.5 cm³/mol. The van der Waals surface area contributed by atoms with Gasteiger partial charge in [0.05, 0.1) is 6.54 Å². The van der Waals surface area contributed by atoms with Gasteiger partial charge in [-0.05, 0) is 36.4 Å². The van der Waals surface area contributed by atoms with Gasteiger partial charge in [-0.2, -0.15) is 0 Å². The summed E-state index contributed by atoms with van der Waals surface area (Å²) in [6.07, 6.45) is -0.969. The summed E-state index contributed by atoms with van der Waals surface area (Å²) in [4.78, 5) is 26.9. The molecule has 0 bridgehead atoms. The van der Waals surface area contributed by atoms with Crippen LogP contribution >= 0.6 is 11.3 Å². The average molecular weight is 389 g/mol. The Morgan fingerprint density at radius 1 is 1.11 bits per heavy atom. The summed E-state index contributed by atoms with van der Waals surface area (Å²) in [6.45, 7) is 1.34. The number of fused-ring (bicyclic) bond motifs is 1. The van der Waals surface area contributed by atoms with Crippen LogP contribution in [0, 0.1) is 0 Å². The van der Waals surface area contributed by atoms with Crippen molar-refractivity contribution in [2.45, 2.75) is 31.6 Å². The molecule has 4 rings (SSSR count). The first-order valence-corrected chi connectivity index (χ1v) is 9.61. The molecule has 2 aliphatic rings. The highest BCUT2D eigenvalue weighted by Crippen LogP contribution is 2.35. The van der Waals surface area contributed by atoms with E-state index >= 15 is 0 Å². The lowest BCUT2D eigenvalue weighted by molar-refractivity contribution is -0.151. The van der Waals surface area contributed by atoms with Crippen LogP contribution in [0.2, 0.25) is 0 Å². The van der Waals surface area contributed by atoms with Gasteiger partial charge in [0.15, 0.2) is 17.6 Å². The molecule has 1 fully saturated rings. The smallest absolute Gasteiger partial charge is 0.332 e. The molecule has 1 aromatic carbocycles. The Morgan fingerprint density at radius 2 is 1.89 bits per heavy atom. The third kappa shape index (κ3) is 3.77. The van der Waals surface area contributed by atoms with E-state index in [1.165, 1.54) is 0 Å².